The van der Waals surface area contributed by atoms with Gasteiger partial charge in [-0.2, -0.15) is 0 Å². The lowest BCUT2D eigenvalue weighted by Crippen LogP contribution is -2.21. The van der Waals surface area contributed by atoms with E-state index >= 15 is 0 Å². The fourth-order valence-corrected chi connectivity index (χ4v) is 2.65. The van der Waals surface area contributed by atoms with Crippen LogP contribution in [0.4, 0.5) is 5.69 Å². The molecule has 0 fully saturated rings. The zero-order valence-electron chi connectivity index (χ0n) is 11.4. The van der Waals surface area contributed by atoms with Gasteiger partial charge in [0.15, 0.2) is 16.4 Å². The molecular formula is C13H19NO5S. The third-order valence-electron chi connectivity index (χ3n) is 2.39. The summed E-state index contributed by atoms with van der Waals surface area (Å²) in [4.78, 5) is 11.4. The first-order valence-electron chi connectivity index (χ1n) is 6.27. The summed E-state index contributed by atoms with van der Waals surface area (Å²) >= 11 is 0. The molecule has 0 aromatic heterocycles. The highest BCUT2D eigenvalue weighted by Crippen LogP contribution is 2.14. The maximum atomic E-state index is 11.4. The van der Waals surface area contributed by atoms with Crippen LogP contribution in [0.15, 0.2) is 24.3 Å². The number of esters is 1. The quantitative estimate of drug-likeness (QED) is 0.569. The second-order valence-electron chi connectivity index (χ2n) is 4.23. The molecule has 112 valence electrons. The van der Waals surface area contributed by atoms with E-state index in [1.807, 2.05) is 0 Å². The predicted octanol–water partition coefficient (Wildman–Crippen LogP) is 1.02. The van der Waals surface area contributed by atoms with E-state index < -0.39 is 15.8 Å². The third-order valence-corrected chi connectivity index (χ3v) is 4.21. The number of carbonyl (C=O) groups is 1. The minimum atomic E-state index is -3.13. The van der Waals surface area contributed by atoms with E-state index in [0.717, 1.165) is 0 Å². The van der Waals surface area contributed by atoms with Crippen LogP contribution in [0.5, 0.6) is 5.75 Å². The number of hydrogen-bond donors (Lipinski definition) is 1. The van der Waals surface area contributed by atoms with Gasteiger partial charge >= 0.3 is 5.97 Å². The molecule has 1 aromatic carbocycles. The van der Waals surface area contributed by atoms with Crippen LogP contribution in [0.2, 0.25) is 0 Å². The van der Waals surface area contributed by atoms with E-state index in [0.29, 0.717) is 17.9 Å². The van der Waals surface area contributed by atoms with Crippen LogP contribution < -0.4 is 10.5 Å². The van der Waals surface area contributed by atoms with Crippen molar-refractivity contribution in [1.29, 1.82) is 0 Å². The van der Waals surface area contributed by atoms with Gasteiger partial charge in [-0.15, -0.1) is 0 Å². The lowest BCUT2D eigenvalue weighted by atomic mass is 10.3. The van der Waals surface area contributed by atoms with Crippen molar-refractivity contribution in [3.05, 3.63) is 24.3 Å². The molecule has 0 saturated heterocycles. The number of nitrogens with two attached hydrogens (primary N) is 1. The molecule has 1 aromatic rings. The summed E-state index contributed by atoms with van der Waals surface area (Å²) in [6, 6.07) is 6.64. The molecule has 0 unspecified atom stereocenters. The average Bonchev–Trinajstić information content (AvgIpc) is 2.36. The van der Waals surface area contributed by atoms with Crippen LogP contribution >= 0.6 is 0 Å². The van der Waals surface area contributed by atoms with Gasteiger partial charge in [0.2, 0.25) is 0 Å². The van der Waals surface area contributed by atoms with Gasteiger partial charge in [0.1, 0.15) is 12.4 Å². The molecule has 0 saturated carbocycles. The SMILES string of the molecule is CCCS(=O)(=O)CCOC(=O)COc1cccc(N)c1. The molecule has 0 atom stereocenters. The summed E-state index contributed by atoms with van der Waals surface area (Å²) in [6.07, 6.45) is 0.550. The summed E-state index contributed by atoms with van der Waals surface area (Å²) in [5.74, 6) is -0.213. The fraction of sp³-hybridized carbons (Fsp3) is 0.462. The zero-order chi connectivity index (χ0) is 15.0. The van der Waals surface area contributed by atoms with Gasteiger partial charge in [0.05, 0.1) is 11.5 Å². The smallest absolute Gasteiger partial charge is 0.344 e. The summed E-state index contributed by atoms with van der Waals surface area (Å²) in [7, 11) is -3.13. The Morgan fingerprint density at radius 2 is 2.05 bits per heavy atom. The van der Waals surface area contributed by atoms with Crippen molar-refractivity contribution in [3.8, 4) is 5.75 Å². The van der Waals surface area contributed by atoms with Crippen molar-refractivity contribution >= 4 is 21.5 Å². The van der Waals surface area contributed by atoms with Gasteiger partial charge in [0.25, 0.3) is 0 Å². The van der Waals surface area contributed by atoms with Crippen LogP contribution in [0.25, 0.3) is 0 Å². The minimum absolute atomic E-state index is 0.102. The molecule has 6 nitrogen and oxygen atoms in total. The second kappa shape index (κ2) is 7.74. The molecule has 2 N–H and O–H groups in total. The molecular weight excluding hydrogens is 282 g/mol. The molecule has 0 bridgehead atoms. The Morgan fingerprint density at radius 1 is 1.30 bits per heavy atom. The molecule has 0 amide bonds. The number of hydrogen-bond acceptors (Lipinski definition) is 6. The van der Waals surface area contributed by atoms with Gasteiger partial charge in [-0.1, -0.05) is 13.0 Å². The summed E-state index contributed by atoms with van der Waals surface area (Å²) in [5, 5.41) is 0. The minimum Gasteiger partial charge on any atom is -0.482 e. The molecule has 7 heteroatoms. The standard InChI is InChI=1S/C13H19NO5S/c1-2-7-20(16,17)8-6-18-13(15)10-19-12-5-3-4-11(14)9-12/h3-5,9H,2,6-8,10,14H2,1H3. The zero-order valence-corrected chi connectivity index (χ0v) is 12.2. The van der Waals surface area contributed by atoms with Crippen molar-refractivity contribution in [2.45, 2.75) is 13.3 Å². The van der Waals surface area contributed by atoms with Crippen LogP contribution in [0.1, 0.15) is 13.3 Å². The van der Waals surface area contributed by atoms with Crippen LogP contribution in [0.3, 0.4) is 0 Å². The van der Waals surface area contributed by atoms with E-state index in [1.54, 1.807) is 31.2 Å². The highest BCUT2D eigenvalue weighted by Gasteiger charge is 2.11. The maximum Gasteiger partial charge on any atom is 0.344 e. The summed E-state index contributed by atoms with van der Waals surface area (Å²) < 4.78 is 32.8. The number of rotatable bonds is 8. The molecule has 0 aliphatic carbocycles. The Balaban J connectivity index is 2.27. The second-order valence-corrected chi connectivity index (χ2v) is 6.54. The first-order valence-corrected chi connectivity index (χ1v) is 8.09. The van der Waals surface area contributed by atoms with Crippen LogP contribution in [-0.2, 0) is 19.4 Å². The number of sulfone groups is 1. The van der Waals surface area contributed by atoms with E-state index in [-0.39, 0.29) is 24.7 Å². The normalized spacial score (nSPS) is 11.1. The van der Waals surface area contributed by atoms with E-state index in [1.165, 1.54) is 0 Å². The van der Waals surface area contributed by atoms with Gasteiger partial charge < -0.3 is 15.2 Å². The number of ether oxygens (including phenoxy) is 2. The van der Waals surface area contributed by atoms with Gasteiger partial charge in [-0.25, -0.2) is 13.2 Å². The van der Waals surface area contributed by atoms with Gasteiger partial charge in [-0.3, -0.25) is 0 Å². The molecule has 0 spiro atoms. The largest absolute Gasteiger partial charge is 0.482 e. The third kappa shape index (κ3) is 6.42. The van der Waals surface area contributed by atoms with E-state index in [9.17, 15) is 13.2 Å². The van der Waals surface area contributed by atoms with Crippen LogP contribution in [0, 0.1) is 0 Å². The summed E-state index contributed by atoms with van der Waals surface area (Å²) in [5.41, 5.74) is 6.09. The fourth-order valence-electron chi connectivity index (χ4n) is 1.48. The van der Waals surface area contributed by atoms with Crippen molar-refractivity contribution < 1.29 is 22.7 Å². The lowest BCUT2D eigenvalue weighted by molar-refractivity contribution is -0.145. The molecule has 20 heavy (non-hydrogen) atoms. The first-order chi connectivity index (χ1) is 9.43. The molecule has 0 aliphatic rings. The molecule has 0 aliphatic heterocycles. The van der Waals surface area contributed by atoms with Gasteiger partial charge in [-0.05, 0) is 18.6 Å². The predicted molar refractivity (Wildman–Crippen MR) is 76.3 cm³/mol. The lowest BCUT2D eigenvalue weighted by Gasteiger charge is -2.07. The number of benzene rings is 1. The first kappa shape index (κ1) is 16.3. The maximum absolute atomic E-state index is 11.4. The van der Waals surface area contributed by atoms with Crippen molar-refractivity contribution in [3.63, 3.8) is 0 Å². The van der Waals surface area contributed by atoms with Crippen molar-refractivity contribution in [2.24, 2.45) is 0 Å². The Labute approximate surface area is 118 Å². The number of anilines is 1. The number of carbonyl (C=O) groups excluding carboxylic acids is 1. The average molecular weight is 301 g/mol. The molecule has 0 radical (unpaired) electrons. The Bertz CT molecular complexity index is 541. The molecule has 0 heterocycles. The number of nitrogen functional groups attached to an aromatic ring is 1. The topological polar surface area (TPSA) is 95.7 Å². The van der Waals surface area contributed by atoms with E-state index in [4.69, 9.17) is 15.2 Å². The Hall–Kier alpha value is -1.76. The van der Waals surface area contributed by atoms with Crippen LogP contribution in [-0.4, -0.2) is 39.1 Å². The van der Waals surface area contributed by atoms with E-state index in [2.05, 4.69) is 0 Å². The highest BCUT2D eigenvalue weighted by molar-refractivity contribution is 7.91. The van der Waals surface area contributed by atoms with Crippen molar-refractivity contribution in [1.82, 2.24) is 0 Å². The highest BCUT2D eigenvalue weighted by atomic mass is 32.2. The monoisotopic (exact) mass is 301 g/mol. The molecule has 1 rings (SSSR count). The van der Waals surface area contributed by atoms with Gasteiger partial charge in [0, 0.05) is 11.8 Å². The Kier molecular flexibility index (Phi) is 6.30. The Morgan fingerprint density at radius 3 is 2.70 bits per heavy atom. The summed E-state index contributed by atoms with van der Waals surface area (Å²) in [6.45, 7) is 1.35. The van der Waals surface area contributed by atoms with Crippen molar-refractivity contribution in [2.75, 3.05) is 30.5 Å².